The molecule has 0 bridgehead atoms. The van der Waals surface area contributed by atoms with E-state index >= 15 is 0 Å². The molecule has 0 radical (unpaired) electrons. The second-order valence-corrected chi connectivity index (χ2v) is 5.02. The highest BCUT2D eigenvalue weighted by Gasteiger charge is 2.23. The van der Waals surface area contributed by atoms with Crippen LogP contribution in [0, 0.1) is 10.1 Å². The maximum atomic E-state index is 11.5. The summed E-state index contributed by atoms with van der Waals surface area (Å²) in [7, 11) is 2.89. The van der Waals surface area contributed by atoms with Crippen LogP contribution in [-0.4, -0.2) is 37.8 Å². The van der Waals surface area contributed by atoms with Gasteiger partial charge in [-0.3, -0.25) is 10.1 Å². The number of hydrogen-bond acceptors (Lipinski definition) is 5. The first-order valence-corrected chi connectivity index (χ1v) is 6.98. The maximum Gasteiger partial charge on any atom is 0.315 e. The van der Waals surface area contributed by atoms with Gasteiger partial charge in [-0.05, 0) is 25.3 Å². The minimum Gasteiger partial charge on any atom is -0.493 e. The normalized spacial score (nSPS) is 13.4. The molecule has 22 heavy (non-hydrogen) atoms. The molecule has 2 rings (SSSR count). The van der Waals surface area contributed by atoms with Crippen molar-refractivity contribution < 1.29 is 19.2 Å². The van der Waals surface area contributed by atoms with Crippen molar-refractivity contribution in [2.24, 2.45) is 0 Å². The number of nitro groups is 1. The van der Waals surface area contributed by atoms with Gasteiger partial charge in [0.15, 0.2) is 11.5 Å². The van der Waals surface area contributed by atoms with E-state index in [2.05, 4.69) is 10.6 Å². The van der Waals surface area contributed by atoms with Crippen LogP contribution in [0.5, 0.6) is 11.5 Å². The van der Waals surface area contributed by atoms with Crippen LogP contribution >= 0.6 is 0 Å². The fourth-order valence-electron chi connectivity index (χ4n) is 2.06. The highest BCUT2D eigenvalue weighted by atomic mass is 16.6. The molecule has 0 aromatic heterocycles. The van der Waals surface area contributed by atoms with Crippen molar-refractivity contribution in [1.82, 2.24) is 10.6 Å². The van der Waals surface area contributed by atoms with E-state index in [1.165, 1.54) is 20.3 Å². The van der Waals surface area contributed by atoms with Crippen LogP contribution in [-0.2, 0) is 6.42 Å². The van der Waals surface area contributed by atoms with Crippen molar-refractivity contribution in [1.29, 1.82) is 0 Å². The van der Waals surface area contributed by atoms with Gasteiger partial charge in [-0.15, -0.1) is 0 Å². The van der Waals surface area contributed by atoms with E-state index in [1.807, 2.05) is 0 Å². The molecule has 2 amide bonds. The van der Waals surface area contributed by atoms with Gasteiger partial charge < -0.3 is 20.1 Å². The quantitative estimate of drug-likeness (QED) is 0.588. The number of methoxy groups -OCH3 is 2. The largest absolute Gasteiger partial charge is 0.493 e. The summed E-state index contributed by atoms with van der Waals surface area (Å²) < 4.78 is 10.2. The second-order valence-electron chi connectivity index (χ2n) is 5.02. The molecule has 1 fully saturated rings. The molecule has 1 aromatic rings. The Hall–Kier alpha value is -2.51. The van der Waals surface area contributed by atoms with Gasteiger partial charge in [-0.2, -0.15) is 0 Å². The molecule has 1 aromatic carbocycles. The number of nitrogens with zero attached hydrogens (tertiary/aromatic N) is 1. The van der Waals surface area contributed by atoms with Crippen LogP contribution in [0.15, 0.2) is 12.1 Å². The number of nitro benzene ring substituents is 1. The summed E-state index contributed by atoms with van der Waals surface area (Å²) in [5.74, 6) is 0.725. The topological polar surface area (TPSA) is 103 Å². The molecule has 0 unspecified atom stereocenters. The first kappa shape index (κ1) is 15.9. The third-order valence-electron chi connectivity index (χ3n) is 3.37. The van der Waals surface area contributed by atoms with Crippen LogP contribution in [0.3, 0.4) is 0 Å². The lowest BCUT2D eigenvalue weighted by Crippen LogP contribution is -2.37. The Bertz CT molecular complexity index is 572. The molecule has 0 atom stereocenters. The lowest BCUT2D eigenvalue weighted by Gasteiger charge is -2.11. The molecular weight excluding hydrogens is 290 g/mol. The lowest BCUT2D eigenvalue weighted by molar-refractivity contribution is -0.385. The maximum absolute atomic E-state index is 11.5. The van der Waals surface area contributed by atoms with Crippen molar-refractivity contribution in [2.75, 3.05) is 20.8 Å². The summed E-state index contributed by atoms with van der Waals surface area (Å²) >= 11 is 0. The predicted octanol–water partition coefficient (Wildman–Crippen LogP) is 1.62. The number of ether oxygens (including phenoxy) is 2. The number of hydrogen-bond donors (Lipinski definition) is 2. The summed E-state index contributed by atoms with van der Waals surface area (Å²) in [6, 6.07) is 2.93. The molecule has 1 aliphatic carbocycles. The van der Waals surface area contributed by atoms with Gasteiger partial charge in [0.1, 0.15) is 0 Å². The Labute approximate surface area is 127 Å². The Balaban J connectivity index is 2.03. The minimum absolute atomic E-state index is 0.0537. The summed E-state index contributed by atoms with van der Waals surface area (Å²) in [6.07, 6.45) is 2.35. The smallest absolute Gasteiger partial charge is 0.315 e. The van der Waals surface area contributed by atoms with Gasteiger partial charge in [0, 0.05) is 18.2 Å². The van der Waals surface area contributed by atoms with Crippen LogP contribution in [0.2, 0.25) is 0 Å². The standard InChI is InChI=1S/C14H19N3O5/c1-21-12-7-9(11(17(19)20)8-13(12)22-2)5-6-15-14(18)16-10-3-4-10/h7-8,10H,3-6H2,1-2H3,(H2,15,16,18). The lowest BCUT2D eigenvalue weighted by atomic mass is 10.1. The van der Waals surface area contributed by atoms with Crippen molar-refractivity contribution in [2.45, 2.75) is 25.3 Å². The minimum atomic E-state index is -0.471. The van der Waals surface area contributed by atoms with Gasteiger partial charge in [-0.1, -0.05) is 0 Å². The van der Waals surface area contributed by atoms with Gasteiger partial charge in [-0.25, -0.2) is 4.79 Å². The molecule has 0 aliphatic heterocycles. The number of carbonyl (C=O) groups excluding carboxylic acids is 1. The molecule has 0 heterocycles. The van der Waals surface area contributed by atoms with Crippen molar-refractivity contribution >= 4 is 11.7 Å². The Kier molecular flexibility index (Phi) is 5.03. The van der Waals surface area contributed by atoms with Gasteiger partial charge in [0.2, 0.25) is 0 Å². The first-order chi connectivity index (χ1) is 10.5. The zero-order valence-electron chi connectivity index (χ0n) is 12.5. The van der Waals surface area contributed by atoms with E-state index in [4.69, 9.17) is 9.47 Å². The molecule has 2 N–H and O–H groups in total. The van der Waals surface area contributed by atoms with Crippen molar-refractivity contribution in [3.05, 3.63) is 27.8 Å². The van der Waals surface area contributed by atoms with E-state index in [1.54, 1.807) is 6.07 Å². The van der Waals surface area contributed by atoms with E-state index in [-0.39, 0.29) is 17.8 Å². The van der Waals surface area contributed by atoms with E-state index in [0.29, 0.717) is 30.0 Å². The summed E-state index contributed by atoms with van der Waals surface area (Å²) in [6.45, 7) is 0.300. The molecule has 8 nitrogen and oxygen atoms in total. The zero-order valence-corrected chi connectivity index (χ0v) is 12.5. The highest BCUT2D eigenvalue weighted by molar-refractivity contribution is 5.74. The monoisotopic (exact) mass is 309 g/mol. The fourth-order valence-corrected chi connectivity index (χ4v) is 2.06. The summed E-state index contributed by atoms with van der Waals surface area (Å²) in [5, 5.41) is 16.6. The van der Waals surface area contributed by atoms with Crippen LogP contribution < -0.4 is 20.1 Å². The number of amides is 2. The average Bonchev–Trinajstić information content (AvgIpc) is 3.30. The van der Waals surface area contributed by atoms with E-state index in [9.17, 15) is 14.9 Å². The zero-order chi connectivity index (χ0) is 16.1. The number of carbonyl (C=O) groups is 1. The molecule has 120 valence electrons. The molecule has 0 spiro atoms. The second kappa shape index (κ2) is 6.97. The van der Waals surface area contributed by atoms with Crippen molar-refractivity contribution in [3.8, 4) is 11.5 Å². The third-order valence-corrected chi connectivity index (χ3v) is 3.37. The Morgan fingerprint density at radius 2 is 1.95 bits per heavy atom. The van der Waals surface area contributed by atoms with Crippen molar-refractivity contribution in [3.63, 3.8) is 0 Å². The SMILES string of the molecule is COc1cc(CCNC(=O)NC2CC2)c([N+](=O)[O-])cc1OC. The predicted molar refractivity (Wildman–Crippen MR) is 79.5 cm³/mol. The van der Waals surface area contributed by atoms with E-state index in [0.717, 1.165) is 12.8 Å². The molecule has 1 aliphatic rings. The number of urea groups is 1. The first-order valence-electron chi connectivity index (χ1n) is 6.98. The van der Waals surface area contributed by atoms with E-state index < -0.39 is 4.92 Å². The molecule has 8 heteroatoms. The Morgan fingerprint density at radius 1 is 1.32 bits per heavy atom. The number of nitrogens with one attached hydrogen (secondary N) is 2. The van der Waals surface area contributed by atoms with Gasteiger partial charge in [0.05, 0.1) is 25.2 Å². The van der Waals surface area contributed by atoms with Crippen LogP contribution in [0.1, 0.15) is 18.4 Å². The van der Waals surface area contributed by atoms with Crippen LogP contribution in [0.4, 0.5) is 10.5 Å². The van der Waals surface area contributed by atoms with Gasteiger partial charge in [0.25, 0.3) is 5.69 Å². The highest BCUT2D eigenvalue weighted by Crippen LogP contribution is 2.34. The summed E-state index contributed by atoms with van der Waals surface area (Å²) in [4.78, 5) is 22.2. The molecular formula is C14H19N3O5. The van der Waals surface area contributed by atoms with Gasteiger partial charge >= 0.3 is 6.03 Å². The third kappa shape index (κ3) is 4.00. The number of benzene rings is 1. The molecule has 1 saturated carbocycles. The average molecular weight is 309 g/mol. The number of rotatable bonds is 7. The van der Waals surface area contributed by atoms with Crippen LogP contribution in [0.25, 0.3) is 0 Å². The fraction of sp³-hybridized carbons (Fsp3) is 0.500. The summed E-state index contributed by atoms with van der Waals surface area (Å²) in [5.41, 5.74) is 0.427. The Morgan fingerprint density at radius 3 is 2.50 bits per heavy atom. The molecule has 0 saturated heterocycles.